The summed E-state index contributed by atoms with van der Waals surface area (Å²) in [6, 6.07) is 3.79. The molecule has 0 unspecified atom stereocenters. The molecule has 0 radical (unpaired) electrons. The van der Waals surface area contributed by atoms with E-state index in [0.717, 1.165) is 6.07 Å². The van der Waals surface area contributed by atoms with Gasteiger partial charge < -0.3 is 16.4 Å². The van der Waals surface area contributed by atoms with Crippen molar-refractivity contribution in [2.75, 3.05) is 10.6 Å². The van der Waals surface area contributed by atoms with Gasteiger partial charge in [0.25, 0.3) is 5.91 Å². The highest BCUT2D eigenvalue weighted by Gasteiger charge is 2.16. The standard InChI is InChI=1S/C15H15FN4O3S/c1-8(13(21)20-15(17)23)18-10-2-3-11(16)12(6-10)19-14(22)9-4-5-24-7-9/h2-8,18H,1H3,(H,19,22)(H3,17,20,21,23)/t8-/m0/s1. The topological polar surface area (TPSA) is 113 Å². The van der Waals surface area contributed by atoms with Gasteiger partial charge in [-0.3, -0.25) is 14.9 Å². The Kier molecular flexibility index (Phi) is 5.48. The first kappa shape index (κ1) is 17.4. The molecular formula is C15H15FN4O3S. The predicted octanol–water partition coefficient (Wildman–Crippen LogP) is 2.13. The maximum absolute atomic E-state index is 13.9. The molecule has 24 heavy (non-hydrogen) atoms. The number of imide groups is 1. The summed E-state index contributed by atoms with van der Waals surface area (Å²) in [5.74, 6) is -1.68. The van der Waals surface area contributed by atoms with Crippen LogP contribution >= 0.6 is 11.3 Å². The summed E-state index contributed by atoms with van der Waals surface area (Å²) in [5, 5.41) is 10.6. The molecule has 0 saturated carbocycles. The van der Waals surface area contributed by atoms with Crippen molar-refractivity contribution in [1.29, 1.82) is 0 Å². The lowest BCUT2D eigenvalue weighted by molar-refractivity contribution is -0.120. The molecule has 5 N–H and O–H groups in total. The van der Waals surface area contributed by atoms with Gasteiger partial charge >= 0.3 is 6.03 Å². The Bertz CT molecular complexity index is 764. The normalized spacial score (nSPS) is 11.4. The van der Waals surface area contributed by atoms with E-state index in [2.05, 4.69) is 10.6 Å². The van der Waals surface area contributed by atoms with E-state index in [1.54, 1.807) is 16.8 Å². The largest absolute Gasteiger partial charge is 0.374 e. The first-order valence-corrected chi connectivity index (χ1v) is 7.81. The SMILES string of the molecule is C[C@H](Nc1ccc(F)c(NC(=O)c2ccsc2)c1)C(=O)NC(N)=O. The Morgan fingerprint density at radius 1 is 1.25 bits per heavy atom. The highest BCUT2D eigenvalue weighted by molar-refractivity contribution is 7.08. The van der Waals surface area contributed by atoms with E-state index in [9.17, 15) is 18.8 Å². The van der Waals surface area contributed by atoms with Gasteiger partial charge in [-0.15, -0.1) is 0 Å². The fraction of sp³-hybridized carbons (Fsp3) is 0.133. The number of hydrogen-bond acceptors (Lipinski definition) is 5. The number of nitrogens with two attached hydrogens (primary N) is 1. The molecule has 0 fully saturated rings. The quantitative estimate of drug-likeness (QED) is 0.661. The van der Waals surface area contributed by atoms with Gasteiger partial charge in [-0.2, -0.15) is 11.3 Å². The van der Waals surface area contributed by atoms with Crippen LogP contribution in [0.25, 0.3) is 0 Å². The van der Waals surface area contributed by atoms with Crippen molar-refractivity contribution in [2.24, 2.45) is 5.73 Å². The predicted molar refractivity (Wildman–Crippen MR) is 89.5 cm³/mol. The van der Waals surface area contributed by atoms with Crippen molar-refractivity contribution < 1.29 is 18.8 Å². The molecule has 0 aliphatic heterocycles. The third kappa shape index (κ3) is 4.53. The zero-order valence-electron chi connectivity index (χ0n) is 12.6. The molecule has 0 spiro atoms. The summed E-state index contributed by atoms with van der Waals surface area (Å²) in [5.41, 5.74) is 5.66. The van der Waals surface area contributed by atoms with E-state index in [4.69, 9.17) is 5.73 Å². The first-order valence-electron chi connectivity index (χ1n) is 6.86. The van der Waals surface area contributed by atoms with Crippen LogP contribution in [0.5, 0.6) is 0 Å². The minimum atomic E-state index is -0.962. The molecule has 1 heterocycles. The highest BCUT2D eigenvalue weighted by Crippen LogP contribution is 2.21. The first-order chi connectivity index (χ1) is 11.4. The second-order valence-electron chi connectivity index (χ2n) is 4.88. The molecule has 1 atom stereocenters. The van der Waals surface area contributed by atoms with Crippen LogP contribution in [-0.4, -0.2) is 23.9 Å². The molecule has 126 valence electrons. The smallest absolute Gasteiger partial charge is 0.318 e. The van der Waals surface area contributed by atoms with E-state index in [1.807, 2.05) is 5.32 Å². The number of urea groups is 1. The van der Waals surface area contributed by atoms with Gasteiger partial charge in [0, 0.05) is 11.1 Å². The molecule has 2 aromatic rings. The molecule has 7 nitrogen and oxygen atoms in total. The monoisotopic (exact) mass is 350 g/mol. The van der Waals surface area contributed by atoms with E-state index in [0.29, 0.717) is 11.3 Å². The minimum Gasteiger partial charge on any atom is -0.374 e. The Hall–Kier alpha value is -2.94. The van der Waals surface area contributed by atoms with Crippen molar-refractivity contribution in [3.63, 3.8) is 0 Å². The van der Waals surface area contributed by atoms with Gasteiger partial charge in [-0.1, -0.05) is 0 Å². The van der Waals surface area contributed by atoms with E-state index in [-0.39, 0.29) is 5.69 Å². The third-order valence-corrected chi connectivity index (χ3v) is 3.70. The number of anilines is 2. The van der Waals surface area contributed by atoms with Crippen LogP contribution < -0.4 is 21.7 Å². The number of nitrogens with one attached hydrogen (secondary N) is 3. The van der Waals surface area contributed by atoms with Crippen molar-refractivity contribution in [3.8, 4) is 0 Å². The number of thiophene rings is 1. The molecule has 2 rings (SSSR count). The molecule has 0 saturated heterocycles. The van der Waals surface area contributed by atoms with Gasteiger partial charge in [0.2, 0.25) is 5.91 Å². The highest BCUT2D eigenvalue weighted by atomic mass is 32.1. The van der Waals surface area contributed by atoms with Gasteiger partial charge in [0.05, 0.1) is 11.3 Å². The van der Waals surface area contributed by atoms with Crippen molar-refractivity contribution >= 4 is 40.6 Å². The van der Waals surface area contributed by atoms with E-state index >= 15 is 0 Å². The lowest BCUT2D eigenvalue weighted by Gasteiger charge is -2.15. The number of carbonyl (C=O) groups excluding carboxylic acids is 3. The van der Waals surface area contributed by atoms with Gasteiger partial charge in [0.15, 0.2) is 0 Å². The molecule has 9 heteroatoms. The number of halogens is 1. The maximum Gasteiger partial charge on any atom is 0.318 e. The second kappa shape index (κ2) is 7.55. The number of hydrogen-bond donors (Lipinski definition) is 4. The van der Waals surface area contributed by atoms with Crippen LogP contribution in [0.1, 0.15) is 17.3 Å². The van der Waals surface area contributed by atoms with Crippen molar-refractivity contribution in [1.82, 2.24) is 5.32 Å². The van der Waals surface area contributed by atoms with Crippen LogP contribution in [0.2, 0.25) is 0 Å². The van der Waals surface area contributed by atoms with E-state index < -0.39 is 29.7 Å². The van der Waals surface area contributed by atoms with Crippen LogP contribution in [0, 0.1) is 5.82 Å². The lowest BCUT2D eigenvalue weighted by atomic mass is 10.2. The summed E-state index contributed by atoms with van der Waals surface area (Å²) in [6.07, 6.45) is 0. The Labute approximate surface area is 141 Å². The van der Waals surface area contributed by atoms with Crippen molar-refractivity contribution in [2.45, 2.75) is 13.0 Å². The number of primary amides is 1. The van der Waals surface area contributed by atoms with Gasteiger partial charge in [-0.25, -0.2) is 9.18 Å². The molecule has 0 bridgehead atoms. The summed E-state index contributed by atoms with van der Waals surface area (Å²) < 4.78 is 13.9. The number of rotatable bonds is 5. The molecule has 4 amide bonds. The minimum absolute atomic E-state index is 0.0290. The summed E-state index contributed by atoms with van der Waals surface area (Å²) >= 11 is 1.35. The van der Waals surface area contributed by atoms with Gasteiger partial charge in [-0.05, 0) is 36.6 Å². The molecule has 0 aliphatic carbocycles. The zero-order valence-corrected chi connectivity index (χ0v) is 13.4. The number of amides is 4. The fourth-order valence-electron chi connectivity index (χ4n) is 1.84. The Morgan fingerprint density at radius 2 is 2.00 bits per heavy atom. The van der Waals surface area contributed by atoms with Crippen LogP contribution in [0.4, 0.5) is 20.6 Å². The van der Waals surface area contributed by atoms with E-state index in [1.165, 1.54) is 30.4 Å². The van der Waals surface area contributed by atoms with Crippen molar-refractivity contribution in [3.05, 3.63) is 46.4 Å². The lowest BCUT2D eigenvalue weighted by Crippen LogP contribution is -2.43. The molecule has 1 aromatic carbocycles. The summed E-state index contributed by atoms with van der Waals surface area (Å²) in [4.78, 5) is 34.3. The summed E-state index contributed by atoms with van der Waals surface area (Å²) in [6.45, 7) is 1.51. The fourth-order valence-corrected chi connectivity index (χ4v) is 2.48. The molecule has 0 aliphatic rings. The molecular weight excluding hydrogens is 335 g/mol. The number of benzene rings is 1. The third-order valence-electron chi connectivity index (χ3n) is 3.02. The van der Waals surface area contributed by atoms with Crippen LogP contribution in [-0.2, 0) is 4.79 Å². The number of carbonyl (C=O) groups is 3. The molecule has 1 aromatic heterocycles. The van der Waals surface area contributed by atoms with Gasteiger partial charge in [0.1, 0.15) is 11.9 Å². The van der Waals surface area contributed by atoms with Crippen LogP contribution in [0.3, 0.4) is 0 Å². The average molecular weight is 350 g/mol. The zero-order chi connectivity index (χ0) is 17.7. The Morgan fingerprint density at radius 3 is 2.62 bits per heavy atom. The maximum atomic E-state index is 13.9. The average Bonchev–Trinajstić information content (AvgIpc) is 3.04. The van der Waals surface area contributed by atoms with Crippen LogP contribution in [0.15, 0.2) is 35.0 Å². The second-order valence-corrected chi connectivity index (χ2v) is 5.66. The summed E-state index contributed by atoms with van der Waals surface area (Å²) in [7, 11) is 0. The Balaban J connectivity index is 2.09.